The molecule has 0 amide bonds. The first kappa shape index (κ1) is 17.8. The summed E-state index contributed by atoms with van der Waals surface area (Å²) < 4.78 is 0. The van der Waals surface area contributed by atoms with Crippen LogP contribution in [0.4, 0.5) is 11.8 Å². The summed E-state index contributed by atoms with van der Waals surface area (Å²) in [7, 11) is 0. The van der Waals surface area contributed by atoms with E-state index >= 15 is 0 Å². The van der Waals surface area contributed by atoms with Crippen LogP contribution in [0.15, 0.2) is 36.8 Å². The molecule has 0 N–H and O–H groups in total. The fourth-order valence-electron chi connectivity index (χ4n) is 4.20. The molecule has 4 heterocycles. The minimum absolute atomic E-state index is 0.166. The molecule has 0 bridgehead atoms. The number of aryl methyl sites for hydroxylation is 1. The third-order valence-corrected chi connectivity index (χ3v) is 5.96. The minimum Gasteiger partial charge on any atom is -0.355 e. The van der Waals surface area contributed by atoms with E-state index in [1.165, 1.54) is 5.56 Å². The highest BCUT2D eigenvalue weighted by molar-refractivity contribution is 5.79. The van der Waals surface area contributed by atoms with Crippen LogP contribution < -0.4 is 9.80 Å². The van der Waals surface area contributed by atoms with E-state index in [2.05, 4.69) is 55.9 Å². The lowest BCUT2D eigenvalue weighted by Gasteiger charge is -2.40. The van der Waals surface area contributed by atoms with E-state index in [1.54, 1.807) is 12.4 Å². The van der Waals surface area contributed by atoms with Crippen molar-refractivity contribution in [2.75, 3.05) is 36.0 Å². The predicted molar refractivity (Wildman–Crippen MR) is 112 cm³/mol. The fourth-order valence-corrected chi connectivity index (χ4v) is 4.20. The minimum atomic E-state index is 0.166. The van der Waals surface area contributed by atoms with Gasteiger partial charge in [-0.15, -0.1) is 0 Å². The first-order chi connectivity index (χ1) is 14.2. The molecular weight excluding hydrogens is 362 g/mol. The van der Waals surface area contributed by atoms with Gasteiger partial charge in [0.05, 0.1) is 17.3 Å². The van der Waals surface area contributed by atoms with E-state index in [1.807, 2.05) is 6.20 Å². The number of nitrogens with zero attached hydrogens (tertiary/aromatic N) is 7. The maximum absolute atomic E-state index is 9.14. The number of anilines is 2. The van der Waals surface area contributed by atoms with Crippen LogP contribution in [-0.4, -0.2) is 46.1 Å². The van der Waals surface area contributed by atoms with E-state index in [0.29, 0.717) is 5.92 Å². The van der Waals surface area contributed by atoms with Crippen LogP contribution >= 0.6 is 0 Å². The summed E-state index contributed by atoms with van der Waals surface area (Å²) in [6.07, 6.45) is 7.24. The van der Waals surface area contributed by atoms with Gasteiger partial charge in [0.15, 0.2) is 5.82 Å². The van der Waals surface area contributed by atoms with E-state index in [0.717, 1.165) is 67.4 Å². The molecule has 2 saturated heterocycles. The van der Waals surface area contributed by atoms with Crippen LogP contribution in [0, 0.1) is 24.2 Å². The van der Waals surface area contributed by atoms with E-state index in [9.17, 15) is 0 Å². The topological polar surface area (TPSA) is 81.8 Å². The Hall–Kier alpha value is -3.27. The summed E-state index contributed by atoms with van der Waals surface area (Å²) in [4.78, 5) is 23.1. The van der Waals surface area contributed by atoms with Crippen LogP contribution in [0.3, 0.4) is 0 Å². The lowest BCUT2D eigenvalue weighted by molar-refractivity contribution is 0.472. The van der Waals surface area contributed by atoms with Gasteiger partial charge in [-0.1, -0.05) is 11.6 Å². The molecule has 146 valence electrons. The SMILES string of the molecule is Cc1ccc2nc(N3CC(c4nccnc4N4CCC(C#N)CC4)C3)ncc2c1. The van der Waals surface area contributed by atoms with Gasteiger partial charge in [-0.25, -0.2) is 15.0 Å². The maximum atomic E-state index is 9.14. The molecular formula is C22H23N7. The average Bonchev–Trinajstić information content (AvgIpc) is 2.73. The maximum Gasteiger partial charge on any atom is 0.225 e. The largest absolute Gasteiger partial charge is 0.355 e. The Balaban J connectivity index is 1.31. The van der Waals surface area contributed by atoms with Crippen molar-refractivity contribution in [1.82, 2.24) is 19.9 Å². The molecule has 0 unspecified atom stereocenters. The number of nitriles is 1. The second kappa shape index (κ2) is 7.28. The molecule has 1 aromatic carbocycles. The zero-order chi connectivity index (χ0) is 19.8. The van der Waals surface area contributed by atoms with Gasteiger partial charge in [-0.2, -0.15) is 5.26 Å². The summed E-state index contributed by atoms with van der Waals surface area (Å²) in [6.45, 7) is 5.51. The molecule has 0 atom stereocenters. The zero-order valence-corrected chi connectivity index (χ0v) is 16.5. The van der Waals surface area contributed by atoms with E-state index in [4.69, 9.17) is 10.2 Å². The van der Waals surface area contributed by atoms with Crippen molar-refractivity contribution in [2.45, 2.75) is 25.7 Å². The lowest BCUT2D eigenvalue weighted by atomic mass is 9.94. The number of hydrogen-bond donors (Lipinski definition) is 0. The predicted octanol–water partition coefficient (Wildman–Crippen LogP) is 3.07. The number of aromatic nitrogens is 4. The standard InChI is InChI=1S/C22H23N7/c1-15-2-3-19-17(10-15)12-26-22(27-19)29-13-18(14-29)20-21(25-7-6-24-20)28-8-4-16(11-23)5-9-28/h2-3,6-7,10,12,16,18H,4-5,8-9,13-14H2,1H3. The molecule has 0 saturated carbocycles. The van der Waals surface area contributed by atoms with Crippen LogP contribution in [-0.2, 0) is 0 Å². The van der Waals surface area contributed by atoms with E-state index < -0.39 is 0 Å². The second-order valence-electron chi connectivity index (χ2n) is 7.99. The van der Waals surface area contributed by atoms with Crippen LogP contribution in [0.5, 0.6) is 0 Å². The molecule has 7 nitrogen and oxygen atoms in total. The number of fused-ring (bicyclic) bond motifs is 1. The lowest BCUT2D eigenvalue weighted by Crippen LogP contribution is -2.47. The summed E-state index contributed by atoms with van der Waals surface area (Å²) >= 11 is 0. The summed E-state index contributed by atoms with van der Waals surface area (Å²) in [6, 6.07) is 8.64. The van der Waals surface area contributed by atoms with Crippen molar-refractivity contribution in [3.05, 3.63) is 48.0 Å². The molecule has 7 heteroatoms. The second-order valence-corrected chi connectivity index (χ2v) is 7.99. The van der Waals surface area contributed by atoms with Gasteiger partial charge >= 0.3 is 0 Å². The van der Waals surface area contributed by atoms with Crippen molar-refractivity contribution >= 4 is 22.7 Å². The van der Waals surface area contributed by atoms with Crippen LogP contribution in [0.1, 0.15) is 30.0 Å². The highest BCUT2D eigenvalue weighted by Gasteiger charge is 2.34. The normalized spacial score (nSPS) is 17.9. The quantitative estimate of drug-likeness (QED) is 0.685. The molecule has 5 rings (SSSR count). The smallest absolute Gasteiger partial charge is 0.225 e. The Bertz CT molecular complexity index is 1080. The van der Waals surface area contributed by atoms with Crippen molar-refractivity contribution in [3.8, 4) is 6.07 Å². The molecule has 2 aromatic heterocycles. The Morgan fingerprint density at radius 2 is 1.83 bits per heavy atom. The molecule has 0 aliphatic carbocycles. The highest BCUT2D eigenvalue weighted by Crippen LogP contribution is 2.34. The third kappa shape index (κ3) is 3.35. The molecule has 2 aliphatic rings. The number of hydrogen-bond acceptors (Lipinski definition) is 7. The number of piperidine rings is 1. The molecule has 0 spiro atoms. The summed E-state index contributed by atoms with van der Waals surface area (Å²) in [5.41, 5.74) is 3.24. The zero-order valence-electron chi connectivity index (χ0n) is 16.5. The molecule has 2 aliphatic heterocycles. The molecule has 3 aromatic rings. The summed E-state index contributed by atoms with van der Waals surface area (Å²) in [5, 5.41) is 10.2. The average molecular weight is 385 g/mol. The van der Waals surface area contributed by atoms with E-state index in [-0.39, 0.29) is 5.92 Å². The number of rotatable bonds is 3. The van der Waals surface area contributed by atoms with Gasteiger partial charge in [-0.05, 0) is 31.9 Å². The first-order valence-electron chi connectivity index (χ1n) is 10.1. The van der Waals surface area contributed by atoms with Crippen LogP contribution in [0.2, 0.25) is 0 Å². The Labute approximate surface area is 170 Å². The highest BCUT2D eigenvalue weighted by atomic mass is 15.3. The molecule has 0 radical (unpaired) electrons. The molecule has 29 heavy (non-hydrogen) atoms. The van der Waals surface area contributed by atoms with Crippen molar-refractivity contribution in [3.63, 3.8) is 0 Å². The molecule has 2 fully saturated rings. The number of benzene rings is 1. The Morgan fingerprint density at radius 1 is 1.03 bits per heavy atom. The third-order valence-electron chi connectivity index (χ3n) is 5.96. The summed E-state index contributed by atoms with van der Waals surface area (Å²) in [5.74, 6) is 2.24. The Morgan fingerprint density at radius 3 is 2.62 bits per heavy atom. The van der Waals surface area contributed by atoms with Crippen molar-refractivity contribution in [2.24, 2.45) is 5.92 Å². The van der Waals surface area contributed by atoms with Gasteiger partial charge in [0.1, 0.15) is 0 Å². The van der Waals surface area contributed by atoms with Gasteiger partial charge in [-0.3, -0.25) is 4.98 Å². The van der Waals surface area contributed by atoms with Gasteiger partial charge in [0.2, 0.25) is 5.95 Å². The monoisotopic (exact) mass is 385 g/mol. The van der Waals surface area contributed by atoms with Gasteiger partial charge < -0.3 is 9.80 Å². The Kier molecular flexibility index (Phi) is 4.47. The fraction of sp³-hybridized carbons (Fsp3) is 0.409. The van der Waals surface area contributed by atoms with Crippen molar-refractivity contribution < 1.29 is 0 Å². The first-order valence-corrected chi connectivity index (χ1v) is 10.1. The van der Waals surface area contributed by atoms with Crippen LogP contribution in [0.25, 0.3) is 10.9 Å². The van der Waals surface area contributed by atoms with Gasteiger partial charge in [0.25, 0.3) is 0 Å². The van der Waals surface area contributed by atoms with Gasteiger partial charge in [0, 0.05) is 62.0 Å². The van der Waals surface area contributed by atoms with Crippen molar-refractivity contribution in [1.29, 1.82) is 5.26 Å².